The molecule has 0 saturated carbocycles. The van der Waals surface area contributed by atoms with Gasteiger partial charge in [-0.25, -0.2) is 0 Å². The molecule has 0 aliphatic carbocycles. The highest BCUT2D eigenvalue weighted by Gasteiger charge is 2.23. The average molecular weight is 347 g/mol. The number of carbonyl (C=O) groups is 2. The second-order valence-corrected chi connectivity index (χ2v) is 5.66. The number of nitrogens with zero attached hydrogens (tertiary/aromatic N) is 1. The Balaban J connectivity index is 1.89. The molecule has 0 unspecified atom stereocenters. The lowest BCUT2D eigenvalue weighted by atomic mass is 10.1. The summed E-state index contributed by atoms with van der Waals surface area (Å²) >= 11 is 5.97. The van der Waals surface area contributed by atoms with Crippen molar-refractivity contribution in [3.8, 4) is 11.5 Å². The number of nitrogens with one attached hydrogen (secondary N) is 1. The van der Waals surface area contributed by atoms with Crippen LogP contribution in [0, 0.1) is 0 Å². The number of benzene rings is 2. The number of ether oxygens (including phenoxy) is 2. The fraction of sp³-hybridized carbons (Fsp3) is 0.176. The monoisotopic (exact) mass is 346 g/mol. The van der Waals surface area contributed by atoms with E-state index in [4.69, 9.17) is 21.1 Å². The van der Waals surface area contributed by atoms with Crippen molar-refractivity contribution < 1.29 is 19.1 Å². The van der Waals surface area contributed by atoms with E-state index in [-0.39, 0.29) is 18.4 Å². The van der Waals surface area contributed by atoms with Crippen LogP contribution in [0.5, 0.6) is 11.5 Å². The van der Waals surface area contributed by atoms with Crippen LogP contribution in [0.3, 0.4) is 0 Å². The van der Waals surface area contributed by atoms with Crippen LogP contribution in [0.15, 0.2) is 36.4 Å². The molecule has 1 aliphatic heterocycles. The van der Waals surface area contributed by atoms with E-state index in [9.17, 15) is 9.59 Å². The second kappa shape index (κ2) is 6.41. The van der Waals surface area contributed by atoms with Gasteiger partial charge in [0.2, 0.25) is 0 Å². The van der Waals surface area contributed by atoms with Gasteiger partial charge in [0.1, 0.15) is 11.5 Å². The van der Waals surface area contributed by atoms with Crippen molar-refractivity contribution in [1.29, 1.82) is 0 Å². The predicted molar refractivity (Wildman–Crippen MR) is 91.3 cm³/mol. The molecule has 2 aromatic rings. The number of likely N-dealkylation sites (N-methyl/N-ethyl adjacent to an activating group) is 1. The Labute approximate surface area is 143 Å². The van der Waals surface area contributed by atoms with Crippen LogP contribution < -0.4 is 19.7 Å². The lowest BCUT2D eigenvalue weighted by molar-refractivity contribution is -0.120. The predicted octanol–water partition coefficient (Wildman–Crippen LogP) is 2.96. The number of rotatable bonds is 3. The van der Waals surface area contributed by atoms with Gasteiger partial charge in [-0.15, -0.1) is 0 Å². The Bertz CT molecular complexity index is 822. The zero-order chi connectivity index (χ0) is 17.3. The summed E-state index contributed by atoms with van der Waals surface area (Å²) in [5.74, 6) is 0.552. The maximum absolute atomic E-state index is 12.5. The van der Waals surface area contributed by atoms with E-state index in [2.05, 4.69) is 5.32 Å². The number of hydrogen-bond donors (Lipinski definition) is 1. The van der Waals surface area contributed by atoms with E-state index in [0.29, 0.717) is 33.5 Å². The lowest BCUT2D eigenvalue weighted by Gasteiger charge is -2.26. The van der Waals surface area contributed by atoms with Crippen molar-refractivity contribution in [2.45, 2.75) is 0 Å². The van der Waals surface area contributed by atoms with E-state index in [0.717, 1.165) is 0 Å². The summed E-state index contributed by atoms with van der Waals surface area (Å²) in [5.41, 5.74) is 1.41. The van der Waals surface area contributed by atoms with Crippen molar-refractivity contribution in [1.82, 2.24) is 0 Å². The summed E-state index contributed by atoms with van der Waals surface area (Å²) < 4.78 is 10.6. The fourth-order valence-corrected chi connectivity index (χ4v) is 2.56. The Morgan fingerprint density at radius 2 is 2.08 bits per heavy atom. The molecule has 7 heteroatoms. The lowest BCUT2D eigenvalue weighted by Crippen LogP contribution is -2.35. The van der Waals surface area contributed by atoms with Gasteiger partial charge in [-0.3, -0.25) is 9.59 Å². The molecule has 0 radical (unpaired) electrons. The van der Waals surface area contributed by atoms with Crippen LogP contribution in [-0.4, -0.2) is 32.6 Å². The van der Waals surface area contributed by atoms with Crippen molar-refractivity contribution in [2.24, 2.45) is 0 Å². The van der Waals surface area contributed by atoms with Gasteiger partial charge in [0, 0.05) is 17.6 Å². The molecular formula is C17H15ClN2O4. The van der Waals surface area contributed by atoms with Gasteiger partial charge in [0.15, 0.2) is 6.61 Å². The molecule has 0 spiro atoms. The van der Waals surface area contributed by atoms with Crippen LogP contribution in [0.25, 0.3) is 0 Å². The molecule has 6 nitrogen and oxygen atoms in total. The standard InChI is InChI=1S/C17H15ClN2O4/c1-20-13-7-10(3-5-15(13)24-9-16(20)21)17(22)19-12-8-11(18)4-6-14(12)23-2/h3-8H,9H2,1-2H3,(H,19,22). The molecule has 1 N–H and O–H groups in total. The highest BCUT2D eigenvalue weighted by atomic mass is 35.5. The van der Waals surface area contributed by atoms with Crippen molar-refractivity contribution in [3.63, 3.8) is 0 Å². The average Bonchev–Trinajstić information content (AvgIpc) is 2.58. The number of hydrogen-bond acceptors (Lipinski definition) is 4. The summed E-state index contributed by atoms with van der Waals surface area (Å²) in [4.78, 5) is 25.7. The number of halogens is 1. The third kappa shape index (κ3) is 3.00. The number of anilines is 2. The molecule has 0 saturated heterocycles. The number of methoxy groups -OCH3 is 1. The molecule has 3 rings (SSSR count). The van der Waals surface area contributed by atoms with E-state index >= 15 is 0 Å². The normalized spacial score (nSPS) is 13.1. The Hall–Kier alpha value is -2.73. The minimum atomic E-state index is -0.343. The van der Waals surface area contributed by atoms with E-state index in [1.807, 2.05) is 0 Å². The van der Waals surface area contributed by atoms with Crippen LogP contribution in [-0.2, 0) is 4.79 Å². The molecule has 124 valence electrons. The van der Waals surface area contributed by atoms with Gasteiger partial charge in [-0.05, 0) is 36.4 Å². The van der Waals surface area contributed by atoms with Crippen LogP contribution in [0.2, 0.25) is 5.02 Å². The molecule has 0 aromatic heterocycles. The van der Waals surface area contributed by atoms with Crippen LogP contribution in [0.1, 0.15) is 10.4 Å². The fourth-order valence-electron chi connectivity index (χ4n) is 2.39. The molecule has 24 heavy (non-hydrogen) atoms. The molecule has 0 bridgehead atoms. The van der Waals surface area contributed by atoms with Gasteiger partial charge in [-0.1, -0.05) is 11.6 Å². The van der Waals surface area contributed by atoms with Gasteiger partial charge in [0.05, 0.1) is 18.5 Å². The summed E-state index contributed by atoms with van der Waals surface area (Å²) in [6.07, 6.45) is 0. The zero-order valence-corrected chi connectivity index (χ0v) is 13.9. The number of fused-ring (bicyclic) bond motifs is 1. The molecule has 0 fully saturated rings. The maximum atomic E-state index is 12.5. The molecule has 1 heterocycles. The van der Waals surface area contributed by atoms with E-state index < -0.39 is 0 Å². The largest absolute Gasteiger partial charge is 0.495 e. The first-order valence-electron chi connectivity index (χ1n) is 7.18. The summed E-state index contributed by atoms with van der Waals surface area (Å²) in [5, 5.41) is 3.24. The number of amides is 2. The van der Waals surface area contributed by atoms with Crippen LogP contribution >= 0.6 is 11.6 Å². The zero-order valence-electron chi connectivity index (χ0n) is 13.1. The van der Waals surface area contributed by atoms with Crippen molar-refractivity contribution >= 4 is 34.8 Å². The minimum Gasteiger partial charge on any atom is -0.495 e. The number of carbonyl (C=O) groups excluding carboxylic acids is 2. The van der Waals surface area contributed by atoms with Crippen molar-refractivity contribution in [3.05, 3.63) is 47.0 Å². The van der Waals surface area contributed by atoms with Crippen LogP contribution in [0.4, 0.5) is 11.4 Å². The third-order valence-corrected chi connectivity index (χ3v) is 3.95. The van der Waals surface area contributed by atoms with Gasteiger partial charge < -0.3 is 19.7 Å². The van der Waals surface area contributed by atoms with Gasteiger partial charge in [-0.2, -0.15) is 0 Å². The topological polar surface area (TPSA) is 67.9 Å². The van der Waals surface area contributed by atoms with E-state index in [1.54, 1.807) is 43.4 Å². The quantitative estimate of drug-likeness (QED) is 0.927. The highest BCUT2D eigenvalue weighted by Crippen LogP contribution is 2.33. The Morgan fingerprint density at radius 3 is 2.83 bits per heavy atom. The first kappa shape index (κ1) is 16.1. The Morgan fingerprint density at radius 1 is 1.29 bits per heavy atom. The SMILES string of the molecule is COc1ccc(Cl)cc1NC(=O)c1ccc2c(c1)N(C)C(=O)CO2. The molecular weight excluding hydrogens is 332 g/mol. The van der Waals surface area contributed by atoms with Gasteiger partial charge in [0.25, 0.3) is 11.8 Å². The first-order valence-corrected chi connectivity index (χ1v) is 7.55. The molecule has 0 atom stereocenters. The molecule has 2 aromatic carbocycles. The third-order valence-electron chi connectivity index (χ3n) is 3.72. The first-order chi connectivity index (χ1) is 11.5. The Kier molecular flexibility index (Phi) is 4.31. The summed E-state index contributed by atoms with van der Waals surface area (Å²) in [6, 6.07) is 9.86. The smallest absolute Gasteiger partial charge is 0.264 e. The van der Waals surface area contributed by atoms with Gasteiger partial charge >= 0.3 is 0 Å². The maximum Gasteiger partial charge on any atom is 0.264 e. The molecule has 2 amide bonds. The summed E-state index contributed by atoms with van der Waals surface area (Å²) in [6.45, 7) is -0.00520. The van der Waals surface area contributed by atoms with Crippen molar-refractivity contribution in [2.75, 3.05) is 31.0 Å². The highest BCUT2D eigenvalue weighted by molar-refractivity contribution is 6.31. The minimum absolute atomic E-state index is 0.00520. The summed E-state index contributed by atoms with van der Waals surface area (Å²) in [7, 11) is 3.15. The van der Waals surface area contributed by atoms with E-state index in [1.165, 1.54) is 12.0 Å². The molecule has 1 aliphatic rings. The second-order valence-electron chi connectivity index (χ2n) is 5.22.